The van der Waals surface area contributed by atoms with Gasteiger partial charge in [-0.2, -0.15) is 0 Å². The van der Waals surface area contributed by atoms with Crippen LogP contribution in [0.4, 0.5) is 5.69 Å². The summed E-state index contributed by atoms with van der Waals surface area (Å²) in [6.07, 6.45) is 0.0950. The van der Waals surface area contributed by atoms with Crippen LogP contribution in [0.5, 0.6) is 5.75 Å². The molecule has 0 radical (unpaired) electrons. The van der Waals surface area contributed by atoms with E-state index < -0.39 is 5.76 Å². The van der Waals surface area contributed by atoms with Gasteiger partial charge < -0.3 is 14.8 Å². The molecular weight excluding hydrogens is 284 g/mol. The molecule has 3 rings (SSSR count). The Labute approximate surface area is 125 Å². The van der Waals surface area contributed by atoms with Gasteiger partial charge in [0.1, 0.15) is 5.75 Å². The highest BCUT2D eigenvalue weighted by Gasteiger charge is 2.11. The van der Waals surface area contributed by atoms with Crippen LogP contribution in [0.2, 0.25) is 0 Å². The van der Waals surface area contributed by atoms with E-state index >= 15 is 0 Å². The summed E-state index contributed by atoms with van der Waals surface area (Å²) >= 11 is 0. The molecule has 0 spiro atoms. The van der Waals surface area contributed by atoms with E-state index in [-0.39, 0.29) is 24.6 Å². The number of nitrogens with one attached hydrogen (secondary N) is 1. The van der Waals surface area contributed by atoms with Gasteiger partial charge in [0, 0.05) is 13.0 Å². The van der Waals surface area contributed by atoms with E-state index in [1.165, 1.54) is 10.6 Å². The number of carbonyl (C=O) groups excluding carboxylic acids is 1. The van der Waals surface area contributed by atoms with Crippen LogP contribution in [0.25, 0.3) is 11.1 Å². The molecule has 1 amide bonds. The number of para-hydroxylation sites is 4. The molecule has 0 unspecified atom stereocenters. The molecule has 3 aromatic rings. The van der Waals surface area contributed by atoms with Crippen molar-refractivity contribution in [3.05, 3.63) is 59.1 Å². The van der Waals surface area contributed by atoms with E-state index in [1.807, 2.05) is 0 Å². The number of nitrogens with zero attached hydrogens (tertiary/aromatic N) is 1. The highest BCUT2D eigenvalue weighted by Crippen LogP contribution is 2.21. The number of phenols is 1. The van der Waals surface area contributed by atoms with Crippen LogP contribution in [-0.4, -0.2) is 15.6 Å². The number of hydrogen-bond acceptors (Lipinski definition) is 4. The summed E-state index contributed by atoms with van der Waals surface area (Å²) in [4.78, 5) is 23.7. The third-order valence-corrected chi connectivity index (χ3v) is 3.31. The highest BCUT2D eigenvalue weighted by atomic mass is 16.4. The normalized spacial score (nSPS) is 10.7. The minimum Gasteiger partial charge on any atom is -0.506 e. The van der Waals surface area contributed by atoms with Crippen LogP contribution in [0, 0.1) is 0 Å². The first-order chi connectivity index (χ1) is 10.6. The summed E-state index contributed by atoms with van der Waals surface area (Å²) in [5.74, 6) is -0.781. The summed E-state index contributed by atoms with van der Waals surface area (Å²) in [6.45, 7) is 0.204. The fourth-order valence-corrected chi connectivity index (χ4v) is 2.23. The topological polar surface area (TPSA) is 84.5 Å². The first-order valence-electron chi connectivity index (χ1n) is 6.81. The van der Waals surface area contributed by atoms with Gasteiger partial charge in [-0.1, -0.05) is 24.3 Å². The van der Waals surface area contributed by atoms with Crippen LogP contribution in [-0.2, 0) is 11.3 Å². The number of anilines is 1. The standard InChI is InChI=1S/C16H14N2O4/c19-13-7-3-1-5-11(13)17-15(20)9-10-18-12-6-2-4-8-14(12)22-16(18)21/h1-8,19H,9-10H2,(H,17,20). The fourth-order valence-electron chi connectivity index (χ4n) is 2.23. The molecule has 0 fully saturated rings. The van der Waals surface area contributed by atoms with Gasteiger partial charge in [0.05, 0.1) is 11.2 Å². The van der Waals surface area contributed by atoms with E-state index in [9.17, 15) is 14.7 Å². The summed E-state index contributed by atoms with van der Waals surface area (Å²) in [5.41, 5.74) is 1.49. The Bertz CT molecular complexity index is 879. The summed E-state index contributed by atoms with van der Waals surface area (Å²) in [6, 6.07) is 13.5. The number of fused-ring (bicyclic) bond motifs is 1. The van der Waals surface area contributed by atoms with Crippen LogP contribution in [0.1, 0.15) is 6.42 Å². The SMILES string of the molecule is O=C(CCn1c(=O)oc2ccccc21)Nc1ccccc1O. The van der Waals surface area contributed by atoms with Gasteiger partial charge in [0.25, 0.3) is 0 Å². The van der Waals surface area contributed by atoms with Crippen LogP contribution in [0.15, 0.2) is 57.7 Å². The molecule has 1 heterocycles. The van der Waals surface area contributed by atoms with Crippen molar-refractivity contribution < 1.29 is 14.3 Å². The highest BCUT2D eigenvalue weighted by molar-refractivity contribution is 5.92. The molecule has 0 saturated heterocycles. The molecule has 22 heavy (non-hydrogen) atoms. The predicted octanol–water partition coefficient (Wildman–Crippen LogP) is 2.33. The number of benzene rings is 2. The zero-order valence-corrected chi connectivity index (χ0v) is 11.7. The minimum absolute atomic E-state index is 0.00165. The Morgan fingerprint density at radius 2 is 1.86 bits per heavy atom. The molecule has 0 atom stereocenters. The average molecular weight is 298 g/mol. The molecular formula is C16H14N2O4. The predicted molar refractivity (Wildman–Crippen MR) is 81.8 cm³/mol. The quantitative estimate of drug-likeness (QED) is 0.724. The molecule has 2 N–H and O–H groups in total. The molecule has 0 bridgehead atoms. The van der Waals surface area contributed by atoms with E-state index in [2.05, 4.69) is 5.32 Å². The van der Waals surface area contributed by atoms with Crippen LogP contribution < -0.4 is 11.1 Å². The lowest BCUT2D eigenvalue weighted by Crippen LogP contribution is -2.19. The van der Waals surface area contributed by atoms with Gasteiger partial charge in [-0.15, -0.1) is 0 Å². The van der Waals surface area contributed by atoms with E-state index in [1.54, 1.807) is 42.5 Å². The smallest absolute Gasteiger partial charge is 0.419 e. The summed E-state index contributed by atoms with van der Waals surface area (Å²) < 4.78 is 6.52. The van der Waals surface area contributed by atoms with Crippen LogP contribution in [0.3, 0.4) is 0 Å². The van der Waals surface area contributed by atoms with E-state index in [0.717, 1.165) is 0 Å². The van der Waals surface area contributed by atoms with Gasteiger partial charge in [0.2, 0.25) is 5.91 Å². The summed E-state index contributed by atoms with van der Waals surface area (Å²) in [5, 5.41) is 12.2. The number of rotatable bonds is 4. The van der Waals surface area contributed by atoms with E-state index in [4.69, 9.17) is 4.42 Å². The molecule has 0 aliphatic carbocycles. The first-order valence-corrected chi connectivity index (χ1v) is 6.81. The van der Waals surface area contributed by atoms with Crippen molar-refractivity contribution in [3.8, 4) is 5.75 Å². The minimum atomic E-state index is -0.489. The van der Waals surface area contributed by atoms with Crippen molar-refractivity contribution in [2.45, 2.75) is 13.0 Å². The number of amides is 1. The molecule has 0 aliphatic rings. The second-order valence-corrected chi connectivity index (χ2v) is 4.80. The van der Waals surface area contributed by atoms with Crippen molar-refractivity contribution in [1.82, 2.24) is 4.57 Å². The lowest BCUT2D eigenvalue weighted by molar-refractivity contribution is -0.116. The molecule has 6 heteroatoms. The Hall–Kier alpha value is -3.02. The number of phenolic OH excluding ortho intramolecular Hbond substituents is 1. The second kappa shape index (κ2) is 5.77. The van der Waals surface area contributed by atoms with Gasteiger partial charge in [-0.25, -0.2) is 4.79 Å². The Kier molecular flexibility index (Phi) is 3.65. The maximum atomic E-state index is 11.9. The number of aryl methyl sites for hydroxylation is 1. The molecule has 0 saturated carbocycles. The number of carbonyl (C=O) groups is 1. The van der Waals surface area contributed by atoms with Crippen LogP contribution >= 0.6 is 0 Å². The molecule has 1 aromatic heterocycles. The van der Waals surface area contributed by atoms with Gasteiger partial charge >= 0.3 is 5.76 Å². The van der Waals surface area contributed by atoms with Crippen molar-refractivity contribution in [1.29, 1.82) is 0 Å². The fraction of sp³-hybridized carbons (Fsp3) is 0.125. The average Bonchev–Trinajstić information content (AvgIpc) is 2.83. The Balaban J connectivity index is 1.72. The second-order valence-electron chi connectivity index (χ2n) is 4.80. The number of aromatic hydroxyl groups is 1. The number of hydrogen-bond donors (Lipinski definition) is 2. The Morgan fingerprint density at radius 3 is 2.68 bits per heavy atom. The van der Waals surface area contributed by atoms with Gasteiger partial charge in [-0.3, -0.25) is 9.36 Å². The number of aromatic nitrogens is 1. The van der Waals surface area contributed by atoms with Crippen molar-refractivity contribution in [2.24, 2.45) is 0 Å². The first kappa shape index (κ1) is 13.9. The van der Waals surface area contributed by atoms with Crippen molar-refractivity contribution >= 4 is 22.7 Å². The van der Waals surface area contributed by atoms with E-state index in [0.29, 0.717) is 16.8 Å². The Morgan fingerprint density at radius 1 is 1.14 bits per heavy atom. The molecule has 2 aromatic carbocycles. The van der Waals surface area contributed by atoms with Gasteiger partial charge in [0.15, 0.2) is 5.58 Å². The van der Waals surface area contributed by atoms with Gasteiger partial charge in [-0.05, 0) is 24.3 Å². The summed E-state index contributed by atoms with van der Waals surface area (Å²) in [7, 11) is 0. The third kappa shape index (κ3) is 2.71. The lowest BCUT2D eigenvalue weighted by Gasteiger charge is -2.07. The molecule has 0 aliphatic heterocycles. The number of oxazole rings is 1. The lowest BCUT2D eigenvalue weighted by atomic mass is 10.2. The maximum absolute atomic E-state index is 11.9. The maximum Gasteiger partial charge on any atom is 0.419 e. The zero-order valence-electron chi connectivity index (χ0n) is 11.7. The van der Waals surface area contributed by atoms with Crippen molar-refractivity contribution in [2.75, 3.05) is 5.32 Å². The molecule has 6 nitrogen and oxygen atoms in total. The zero-order chi connectivity index (χ0) is 15.5. The monoisotopic (exact) mass is 298 g/mol. The largest absolute Gasteiger partial charge is 0.506 e. The molecule has 112 valence electrons. The van der Waals surface area contributed by atoms with Crippen molar-refractivity contribution in [3.63, 3.8) is 0 Å². The third-order valence-electron chi connectivity index (χ3n) is 3.31.